The van der Waals surface area contributed by atoms with Gasteiger partial charge in [-0.15, -0.1) is 0 Å². The molecule has 8 nitrogen and oxygen atoms in total. The third-order valence-corrected chi connectivity index (χ3v) is 6.36. The molecule has 2 heterocycles. The zero-order chi connectivity index (χ0) is 26.9. The maximum absolute atomic E-state index is 13.6. The number of carbonyl (C=O) groups is 1. The van der Waals surface area contributed by atoms with Gasteiger partial charge in [-0.2, -0.15) is 0 Å². The number of aliphatic hydroxyl groups excluding tert-OH is 1. The van der Waals surface area contributed by atoms with Crippen LogP contribution in [0, 0.1) is 0 Å². The van der Waals surface area contributed by atoms with Gasteiger partial charge in [0.1, 0.15) is 19.1 Å². The predicted molar refractivity (Wildman–Crippen MR) is 139 cm³/mol. The number of aliphatic hydroxyl groups is 1. The number of aromatic nitrogens is 2. The van der Waals surface area contributed by atoms with E-state index in [1.54, 1.807) is 21.6 Å². The van der Waals surface area contributed by atoms with Crippen LogP contribution in [0.3, 0.4) is 0 Å². The van der Waals surface area contributed by atoms with E-state index >= 15 is 0 Å². The Morgan fingerprint density at radius 3 is 2.30 bits per heavy atom. The van der Waals surface area contributed by atoms with E-state index in [0.29, 0.717) is 31.4 Å². The topological polar surface area (TPSA) is 93.8 Å². The lowest BCUT2D eigenvalue weighted by Crippen LogP contribution is -2.44. The van der Waals surface area contributed by atoms with Crippen molar-refractivity contribution in [3.63, 3.8) is 0 Å². The largest absolute Gasteiger partial charge is 0.485 e. The number of amides is 1. The molecule has 1 N–H and O–H groups in total. The van der Waals surface area contributed by atoms with E-state index in [2.05, 4.69) is 6.58 Å². The van der Waals surface area contributed by atoms with Crippen LogP contribution in [0.25, 0.3) is 17.0 Å². The molecular formula is C27H31F2N3O5. The van der Waals surface area contributed by atoms with E-state index in [1.807, 2.05) is 24.3 Å². The Morgan fingerprint density at radius 2 is 1.73 bits per heavy atom. The van der Waals surface area contributed by atoms with Crippen LogP contribution in [0.2, 0.25) is 0 Å². The molecule has 0 aliphatic carbocycles. The van der Waals surface area contributed by atoms with E-state index in [0.717, 1.165) is 24.6 Å². The molecule has 0 radical (unpaired) electrons. The molecule has 1 aliphatic rings. The first kappa shape index (κ1) is 27.8. The molecule has 0 unspecified atom stereocenters. The zero-order valence-electron chi connectivity index (χ0n) is 20.7. The minimum Gasteiger partial charge on any atom is -0.485 e. The van der Waals surface area contributed by atoms with Crippen molar-refractivity contribution in [2.45, 2.75) is 31.5 Å². The van der Waals surface area contributed by atoms with E-state index < -0.39 is 30.7 Å². The summed E-state index contributed by atoms with van der Waals surface area (Å²) < 4.78 is 34.1. The second-order valence-corrected chi connectivity index (χ2v) is 8.59. The highest BCUT2D eigenvalue weighted by atomic mass is 19.1. The number of nitrogens with zero attached hydrogens (tertiary/aromatic N) is 3. The van der Waals surface area contributed by atoms with Crippen molar-refractivity contribution in [3.05, 3.63) is 81.0 Å². The molecule has 0 spiro atoms. The molecule has 0 atom stereocenters. The lowest BCUT2D eigenvalue weighted by Gasteiger charge is -2.31. The Balaban J connectivity index is 0.00000186. The normalized spacial score (nSPS) is 13.8. The summed E-state index contributed by atoms with van der Waals surface area (Å²) in [5, 5.41) is 7.22. The number of carbonyl (C=O) groups excluding carboxylic acids is 1. The van der Waals surface area contributed by atoms with Gasteiger partial charge in [-0.25, -0.2) is 13.6 Å². The fourth-order valence-corrected chi connectivity index (χ4v) is 4.42. The molecule has 0 bridgehead atoms. The van der Waals surface area contributed by atoms with Gasteiger partial charge < -0.3 is 14.7 Å². The lowest BCUT2D eigenvalue weighted by atomic mass is 10.0. The summed E-state index contributed by atoms with van der Waals surface area (Å²) in [7, 11) is 1.00. The summed E-state index contributed by atoms with van der Waals surface area (Å²) in [6.45, 7) is 2.78. The zero-order valence-corrected chi connectivity index (χ0v) is 20.7. The van der Waals surface area contributed by atoms with Gasteiger partial charge in [0.25, 0.3) is 5.56 Å². The number of hydrogen-bond donors (Lipinski definition) is 1. The van der Waals surface area contributed by atoms with Gasteiger partial charge in [-0.3, -0.25) is 18.7 Å². The highest BCUT2D eigenvalue weighted by Gasteiger charge is 2.25. The summed E-state index contributed by atoms with van der Waals surface area (Å²) >= 11 is 0. The maximum atomic E-state index is 13.6. The lowest BCUT2D eigenvalue weighted by molar-refractivity contribution is -0.119. The molecule has 1 aromatic heterocycles. The molecule has 0 saturated carbocycles. The summed E-state index contributed by atoms with van der Waals surface area (Å²) in [5.41, 5.74) is 1.14. The Bertz CT molecular complexity index is 1320. The SMILES string of the molecule is C=Cc1ccc(Cn2c(=O)c3cc(OC(CF)CF)ccc3n(C3CCN(C=O)CC3)c2=O)cc1.CO. The molecule has 2 aromatic carbocycles. The molecule has 1 fully saturated rings. The second-order valence-electron chi connectivity index (χ2n) is 8.59. The van der Waals surface area contributed by atoms with E-state index in [9.17, 15) is 23.2 Å². The average Bonchev–Trinajstić information content (AvgIpc) is 2.96. The smallest absolute Gasteiger partial charge is 0.332 e. The molecule has 37 heavy (non-hydrogen) atoms. The molecule has 1 amide bonds. The van der Waals surface area contributed by atoms with E-state index in [-0.39, 0.29) is 23.7 Å². The maximum Gasteiger partial charge on any atom is 0.332 e. The van der Waals surface area contributed by atoms with Crippen molar-refractivity contribution in [2.75, 3.05) is 33.5 Å². The summed E-state index contributed by atoms with van der Waals surface area (Å²) in [6.07, 6.45) is 2.35. The molecule has 198 valence electrons. The van der Waals surface area contributed by atoms with Crippen LogP contribution in [0.1, 0.15) is 30.0 Å². The van der Waals surface area contributed by atoms with Crippen LogP contribution in [-0.4, -0.2) is 65.2 Å². The minimum atomic E-state index is -1.27. The molecule has 3 aromatic rings. The van der Waals surface area contributed by atoms with Gasteiger partial charge in [-0.1, -0.05) is 36.9 Å². The first-order valence-electron chi connectivity index (χ1n) is 11.9. The minimum absolute atomic E-state index is 0.0564. The van der Waals surface area contributed by atoms with Crippen LogP contribution in [0.4, 0.5) is 8.78 Å². The van der Waals surface area contributed by atoms with E-state index in [1.165, 1.54) is 16.7 Å². The van der Waals surface area contributed by atoms with Crippen molar-refractivity contribution in [3.8, 4) is 5.75 Å². The second kappa shape index (κ2) is 13.0. The van der Waals surface area contributed by atoms with Gasteiger partial charge in [0.15, 0.2) is 6.10 Å². The Hall–Kier alpha value is -3.79. The van der Waals surface area contributed by atoms with Crippen molar-refractivity contribution < 1.29 is 23.4 Å². The number of ether oxygens (including phenoxy) is 1. The fraction of sp³-hybridized carbons (Fsp3) is 0.370. The van der Waals surface area contributed by atoms with Gasteiger partial charge in [-0.05, 0) is 42.2 Å². The summed E-state index contributed by atoms with van der Waals surface area (Å²) in [4.78, 5) is 39.9. The molecule has 1 saturated heterocycles. The van der Waals surface area contributed by atoms with Crippen LogP contribution >= 0.6 is 0 Å². The van der Waals surface area contributed by atoms with Crippen LogP contribution in [-0.2, 0) is 11.3 Å². The van der Waals surface area contributed by atoms with Gasteiger partial charge in [0, 0.05) is 26.2 Å². The number of rotatable bonds is 9. The monoisotopic (exact) mass is 515 g/mol. The number of hydrogen-bond acceptors (Lipinski definition) is 5. The Morgan fingerprint density at radius 1 is 1.08 bits per heavy atom. The van der Waals surface area contributed by atoms with Gasteiger partial charge in [0.2, 0.25) is 6.41 Å². The Kier molecular flexibility index (Phi) is 9.73. The third-order valence-electron chi connectivity index (χ3n) is 6.36. The Labute approximate surface area is 213 Å². The average molecular weight is 516 g/mol. The number of fused-ring (bicyclic) bond motifs is 1. The summed E-state index contributed by atoms with van der Waals surface area (Å²) in [5.74, 6) is 0.151. The quantitative estimate of drug-likeness (QED) is 0.443. The van der Waals surface area contributed by atoms with Crippen molar-refractivity contribution in [1.29, 1.82) is 0 Å². The van der Waals surface area contributed by atoms with Gasteiger partial charge >= 0.3 is 5.69 Å². The van der Waals surface area contributed by atoms with Crippen molar-refractivity contribution in [1.82, 2.24) is 14.0 Å². The number of piperidine rings is 1. The highest BCUT2D eigenvalue weighted by Crippen LogP contribution is 2.26. The molecule has 10 heteroatoms. The number of halogens is 2. The number of likely N-dealkylation sites (tertiary alicyclic amines) is 1. The van der Waals surface area contributed by atoms with Gasteiger partial charge in [0.05, 0.1) is 17.4 Å². The molecule has 4 rings (SSSR count). The van der Waals surface area contributed by atoms with Crippen molar-refractivity contribution in [2.24, 2.45) is 0 Å². The standard InChI is InChI=1S/C26H27F2N3O4.CH4O/c1-2-18-3-5-19(6-4-18)16-30-25(33)23-13-21(35-22(14-27)15-28)7-8-24(23)31(26(30)34)20-9-11-29(17-32)12-10-20;1-2/h2-8,13,17,20,22H,1,9-12,14-16H2;2H,1H3. The van der Waals surface area contributed by atoms with E-state index in [4.69, 9.17) is 9.84 Å². The van der Waals surface area contributed by atoms with Crippen LogP contribution in [0.15, 0.2) is 58.6 Å². The summed E-state index contributed by atoms with van der Waals surface area (Å²) in [6, 6.07) is 11.7. The predicted octanol–water partition coefficient (Wildman–Crippen LogP) is 2.94. The van der Waals surface area contributed by atoms with Crippen molar-refractivity contribution >= 4 is 23.4 Å². The first-order valence-corrected chi connectivity index (χ1v) is 11.9. The van der Waals surface area contributed by atoms with Crippen LogP contribution < -0.4 is 16.0 Å². The fourth-order valence-electron chi connectivity index (χ4n) is 4.42. The first-order chi connectivity index (χ1) is 18.0. The van der Waals surface area contributed by atoms with Crippen LogP contribution in [0.5, 0.6) is 5.75 Å². The highest BCUT2D eigenvalue weighted by molar-refractivity contribution is 5.80. The number of benzene rings is 2. The molecule has 1 aliphatic heterocycles. The third kappa shape index (κ3) is 6.14. The molecular weight excluding hydrogens is 484 g/mol. The number of alkyl halides is 2.